The third-order valence-corrected chi connectivity index (χ3v) is 8.23. The predicted molar refractivity (Wildman–Crippen MR) is 116 cm³/mol. The largest absolute Gasteiger partial charge is 0.354 e. The van der Waals surface area contributed by atoms with E-state index in [-0.39, 0.29) is 23.3 Å². The van der Waals surface area contributed by atoms with Crippen LogP contribution in [0.4, 0.5) is 0 Å². The quantitative estimate of drug-likeness (QED) is 0.735. The summed E-state index contributed by atoms with van der Waals surface area (Å²) in [5.41, 5.74) is 0.197. The van der Waals surface area contributed by atoms with Crippen LogP contribution < -0.4 is 5.32 Å². The van der Waals surface area contributed by atoms with Crippen molar-refractivity contribution in [3.8, 4) is 0 Å². The fraction of sp³-hybridized carbons (Fsp3) is 0.917. The average Bonchev–Trinajstić information content (AvgIpc) is 3.25. The standard InChI is InChI=1S/C24H41N3O2/c28-22-12-11-21(18-26(22)17-20-9-3-1-4-10-20)23(29)25-19-24(13-5-6-14-24)27-15-7-2-8-16-27/h20-21H,1-19H2,(H,25,29). The van der Waals surface area contributed by atoms with Crippen molar-refractivity contribution >= 4 is 11.8 Å². The first kappa shape index (κ1) is 21.1. The van der Waals surface area contributed by atoms with Gasteiger partial charge in [-0.15, -0.1) is 0 Å². The molecule has 2 aliphatic heterocycles. The molecule has 1 unspecified atom stereocenters. The first-order chi connectivity index (χ1) is 14.2. The van der Waals surface area contributed by atoms with Gasteiger partial charge in [-0.25, -0.2) is 0 Å². The lowest BCUT2D eigenvalue weighted by atomic mass is 9.87. The van der Waals surface area contributed by atoms with Gasteiger partial charge in [0.15, 0.2) is 0 Å². The molecule has 4 rings (SSSR count). The third kappa shape index (κ3) is 5.15. The van der Waals surface area contributed by atoms with Crippen LogP contribution in [0, 0.1) is 11.8 Å². The molecule has 4 fully saturated rings. The lowest BCUT2D eigenvalue weighted by Crippen LogP contribution is -2.57. The molecule has 2 saturated heterocycles. The SMILES string of the molecule is O=C(NCC1(N2CCCCC2)CCCC1)C1CCC(=O)N(CC2CCCCC2)C1. The number of likely N-dealkylation sites (tertiary alicyclic amines) is 2. The summed E-state index contributed by atoms with van der Waals surface area (Å²) in [6, 6.07) is 0. The molecule has 5 heteroatoms. The molecule has 0 spiro atoms. The Bertz CT molecular complexity index is 560. The highest BCUT2D eigenvalue weighted by atomic mass is 16.2. The number of hydrogen-bond acceptors (Lipinski definition) is 3. The second kappa shape index (κ2) is 9.80. The maximum absolute atomic E-state index is 13.1. The van der Waals surface area contributed by atoms with Crippen molar-refractivity contribution in [2.24, 2.45) is 11.8 Å². The first-order valence-electron chi connectivity index (χ1n) is 12.5. The van der Waals surface area contributed by atoms with E-state index >= 15 is 0 Å². The minimum atomic E-state index is -0.0175. The van der Waals surface area contributed by atoms with E-state index < -0.39 is 0 Å². The lowest BCUT2D eigenvalue weighted by molar-refractivity contribution is -0.139. The van der Waals surface area contributed by atoms with Crippen molar-refractivity contribution in [3.63, 3.8) is 0 Å². The number of nitrogens with one attached hydrogen (secondary N) is 1. The zero-order valence-electron chi connectivity index (χ0n) is 18.3. The van der Waals surface area contributed by atoms with Gasteiger partial charge in [0, 0.05) is 31.6 Å². The molecule has 5 nitrogen and oxygen atoms in total. The number of hydrogen-bond donors (Lipinski definition) is 1. The molecular formula is C24H41N3O2. The maximum atomic E-state index is 13.1. The molecule has 0 aromatic carbocycles. The first-order valence-corrected chi connectivity index (χ1v) is 12.5. The van der Waals surface area contributed by atoms with Gasteiger partial charge in [0.25, 0.3) is 0 Å². The molecule has 1 N–H and O–H groups in total. The smallest absolute Gasteiger partial charge is 0.224 e. The molecule has 4 aliphatic rings. The number of nitrogens with zero attached hydrogens (tertiary/aromatic N) is 2. The molecule has 1 atom stereocenters. The van der Waals surface area contributed by atoms with Crippen molar-refractivity contribution in [3.05, 3.63) is 0 Å². The van der Waals surface area contributed by atoms with Crippen LogP contribution >= 0.6 is 0 Å². The van der Waals surface area contributed by atoms with Gasteiger partial charge in [0.1, 0.15) is 0 Å². The van der Waals surface area contributed by atoms with Gasteiger partial charge in [0.2, 0.25) is 11.8 Å². The zero-order chi connectivity index (χ0) is 20.1. The summed E-state index contributed by atoms with van der Waals surface area (Å²) in [4.78, 5) is 30.2. The minimum Gasteiger partial charge on any atom is -0.354 e. The third-order valence-electron chi connectivity index (χ3n) is 8.23. The highest BCUT2D eigenvalue weighted by molar-refractivity contribution is 5.83. The van der Waals surface area contributed by atoms with Crippen LogP contribution in [-0.4, -0.2) is 59.9 Å². The van der Waals surface area contributed by atoms with E-state index in [9.17, 15) is 9.59 Å². The number of carbonyl (C=O) groups is 2. The molecule has 0 aromatic rings. The van der Waals surface area contributed by atoms with Crippen LogP contribution in [0.5, 0.6) is 0 Å². The van der Waals surface area contributed by atoms with Crippen LogP contribution in [0.1, 0.15) is 89.9 Å². The van der Waals surface area contributed by atoms with Crippen molar-refractivity contribution in [1.82, 2.24) is 15.1 Å². The Hall–Kier alpha value is -1.10. The molecular weight excluding hydrogens is 362 g/mol. The van der Waals surface area contributed by atoms with Crippen LogP contribution in [-0.2, 0) is 9.59 Å². The number of rotatable bonds is 6. The second-order valence-electron chi connectivity index (χ2n) is 10.2. The minimum absolute atomic E-state index is 0.0175. The zero-order valence-corrected chi connectivity index (χ0v) is 18.3. The second-order valence-corrected chi connectivity index (χ2v) is 10.2. The van der Waals surface area contributed by atoms with Gasteiger partial charge >= 0.3 is 0 Å². The van der Waals surface area contributed by atoms with Crippen LogP contribution in [0.3, 0.4) is 0 Å². The summed E-state index contributed by atoms with van der Waals surface area (Å²) < 4.78 is 0. The lowest BCUT2D eigenvalue weighted by Gasteiger charge is -2.44. The number of carbonyl (C=O) groups excluding carboxylic acids is 2. The summed E-state index contributed by atoms with van der Waals surface area (Å²) in [6.07, 6.45) is 16.7. The topological polar surface area (TPSA) is 52.7 Å². The Labute approximate surface area is 177 Å². The molecule has 2 aliphatic carbocycles. The fourth-order valence-corrected chi connectivity index (χ4v) is 6.39. The van der Waals surface area contributed by atoms with Crippen molar-refractivity contribution in [1.29, 1.82) is 0 Å². The Balaban J connectivity index is 1.30. The number of amides is 2. The Kier molecular flexibility index (Phi) is 7.15. The molecule has 0 aromatic heterocycles. The van der Waals surface area contributed by atoms with Crippen molar-refractivity contribution in [2.45, 2.75) is 95.4 Å². The van der Waals surface area contributed by atoms with Crippen LogP contribution in [0.2, 0.25) is 0 Å². The highest BCUT2D eigenvalue weighted by Gasteiger charge is 2.41. The van der Waals surface area contributed by atoms with Crippen molar-refractivity contribution < 1.29 is 9.59 Å². The average molecular weight is 404 g/mol. The molecule has 2 saturated carbocycles. The van der Waals surface area contributed by atoms with Gasteiger partial charge in [-0.1, -0.05) is 38.5 Å². The van der Waals surface area contributed by atoms with Crippen LogP contribution in [0.15, 0.2) is 0 Å². The summed E-state index contributed by atoms with van der Waals surface area (Å²) in [5, 5.41) is 3.35. The van der Waals surface area contributed by atoms with E-state index in [2.05, 4.69) is 10.2 Å². The van der Waals surface area contributed by atoms with Gasteiger partial charge in [-0.3, -0.25) is 14.5 Å². The fourth-order valence-electron chi connectivity index (χ4n) is 6.39. The summed E-state index contributed by atoms with van der Waals surface area (Å²) in [7, 11) is 0. The van der Waals surface area contributed by atoms with Gasteiger partial charge in [-0.2, -0.15) is 0 Å². The predicted octanol–water partition coefficient (Wildman–Crippen LogP) is 3.72. The van der Waals surface area contributed by atoms with Gasteiger partial charge in [-0.05, 0) is 64.0 Å². The summed E-state index contributed by atoms with van der Waals surface area (Å²) >= 11 is 0. The van der Waals surface area contributed by atoms with Gasteiger partial charge < -0.3 is 10.2 Å². The van der Waals surface area contributed by atoms with E-state index in [0.29, 0.717) is 18.9 Å². The maximum Gasteiger partial charge on any atom is 0.224 e. The van der Waals surface area contributed by atoms with Gasteiger partial charge in [0.05, 0.1) is 5.92 Å². The van der Waals surface area contributed by atoms with E-state index in [1.165, 1.54) is 90.1 Å². The normalized spacial score (nSPS) is 29.2. The Morgan fingerprint density at radius 3 is 2.34 bits per heavy atom. The molecule has 2 heterocycles. The van der Waals surface area contributed by atoms with E-state index in [0.717, 1.165) is 19.5 Å². The molecule has 2 amide bonds. The van der Waals surface area contributed by atoms with Crippen molar-refractivity contribution in [2.75, 3.05) is 32.7 Å². The molecule has 164 valence electrons. The van der Waals surface area contributed by atoms with E-state index in [4.69, 9.17) is 0 Å². The summed E-state index contributed by atoms with van der Waals surface area (Å²) in [6.45, 7) is 4.71. The Morgan fingerprint density at radius 2 is 1.62 bits per heavy atom. The van der Waals surface area contributed by atoms with Crippen LogP contribution in [0.25, 0.3) is 0 Å². The molecule has 29 heavy (non-hydrogen) atoms. The van der Waals surface area contributed by atoms with E-state index in [1.807, 2.05) is 4.90 Å². The number of piperidine rings is 2. The van der Waals surface area contributed by atoms with E-state index in [1.54, 1.807) is 0 Å². The monoisotopic (exact) mass is 403 g/mol. The Morgan fingerprint density at radius 1 is 0.931 bits per heavy atom. The summed E-state index contributed by atoms with van der Waals surface area (Å²) in [5.74, 6) is 1.08. The molecule has 0 radical (unpaired) electrons. The highest BCUT2D eigenvalue weighted by Crippen LogP contribution is 2.36. The molecule has 0 bridgehead atoms.